The number of nitrogens with one attached hydrogen (secondary N) is 1. The van der Waals surface area contributed by atoms with Gasteiger partial charge in [-0.05, 0) is 23.8 Å². The largest absolute Gasteiger partial charge is 0.335 e. The van der Waals surface area contributed by atoms with Gasteiger partial charge < -0.3 is 14.8 Å². The van der Waals surface area contributed by atoms with Crippen molar-refractivity contribution in [1.82, 2.24) is 0 Å². The zero-order chi connectivity index (χ0) is 14.4. The molecule has 2 heterocycles. The van der Waals surface area contributed by atoms with Crippen molar-refractivity contribution in [3.63, 3.8) is 0 Å². The van der Waals surface area contributed by atoms with Gasteiger partial charge in [0.1, 0.15) is 6.10 Å². The lowest BCUT2D eigenvalue weighted by molar-refractivity contribution is -0.184. The van der Waals surface area contributed by atoms with E-state index in [1.165, 1.54) is 0 Å². The summed E-state index contributed by atoms with van der Waals surface area (Å²) in [6.07, 6.45) is -0.319. The summed E-state index contributed by atoms with van der Waals surface area (Å²) in [5, 5.41) is 3.43. The van der Waals surface area contributed by atoms with Gasteiger partial charge in [0.05, 0.1) is 12.3 Å². The highest BCUT2D eigenvalue weighted by Gasteiger charge is 2.55. The summed E-state index contributed by atoms with van der Waals surface area (Å²) >= 11 is 6.01. The molecule has 2 aromatic rings. The highest BCUT2D eigenvalue weighted by molar-refractivity contribution is 6.30. The molecular weight excluding hydrogens is 290 g/mol. The maximum atomic E-state index is 12.3. The Morgan fingerprint density at radius 1 is 1.19 bits per heavy atom. The minimum absolute atomic E-state index is 0.284. The van der Waals surface area contributed by atoms with Gasteiger partial charge in [0.25, 0.3) is 11.7 Å². The molecule has 1 amide bonds. The second-order valence-corrected chi connectivity index (χ2v) is 5.53. The zero-order valence-electron chi connectivity index (χ0n) is 11.0. The maximum absolute atomic E-state index is 12.3. The van der Waals surface area contributed by atoms with Crippen LogP contribution < -0.4 is 5.32 Å². The molecule has 5 heteroatoms. The number of benzene rings is 2. The molecule has 1 spiro atoms. The molecule has 2 aliphatic heterocycles. The van der Waals surface area contributed by atoms with Crippen molar-refractivity contribution >= 4 is 23.2 Å². The van der Waals surface area contributed by atoms with Crippen LogP contribution >= 0.6 is 11.6 Å². The van der Waals surface area contributed by atoms with Crippen LogP contribution in [0.3, 0.4) is 0 Å². The van der Waals surface area contributed by atoms with Gasteiger partial charge in [-0.1, -0.05) is 41.9 Å². The van der Waals surface area contributed by atoms with Crippen molar-refractivity contribution < 1.29 is 14.3 Å². The van der Waals surface area contributed by atoms with Crippen LogP contribution in [0.4, 0.5) is 5.69 Å². The normalized spacial score (nSPS) is 26.9. The Labute approximate surface area is 126 Å². The number of amides is 1. The van der Waals surface area contributed by atoms with Crippen LogP contribution in [0.1, 0.15) is 17.2 Å². The molecule has 2 atom stereocenters. The van der Waals surface area contributed by atoms with E-state index in [9.17, 15) is 4.79 Å². The minimum Gasteiger partial charge on any atom is -0.335 e. The van der Waals surface area contributed by atoms with E-state index >= 15 is 0 Å². The lowest BCUT2D eigenvalue weighted by Gasteiger charge is -2.20. The molecule has 106 valence electrons. The molecule has 0 aromatic heterocycles. The van der Waals surface area contributed by atoms with Crippen molar-refractivity contribution in [2.45, 2.75) is 11.9 Å². The van der Waals surface area contributed by atoms with Gasteiger partial charge in [-0.2, -0.15) is 0 Å². The predicted octanol–water partition coefficient (Wildman–Crippen LogP) is 3.23. The number of para-hydroxylation sites is 1. The molecule has 0 aliphatic carbocycles. The SMILES string of the molecule is O=C1Nc2ccccc2C12OCC(c1cccc(Cl)c1)O2. The first-order valence-electron chi connectivity index (χ1n) is 6.67. The molecular formula is C16H12ClNO3. The molecule has 4 rings (SSSR count). The first-order valence-corrected chi connectivity index (χ1v) is 7.05. The molecule has 2 aromatic carbocycles. The van der Waals surface area contributed by atoms with E-state index in [1.807, 2.05) is 42.5 Å². The summed E-state index contributed by atoms with van der Waals surface area (Å²) < 4.78 is 11.8. The number of anilines is 1. The Morgan fingerprint density at radius 2 is 2.05 bits per heavy atom. The first kappa shape index (κ1) is 12.8. The van der Waals surface area contributed by atoms with Crippen molar-refractivity contribution in [2.24, 2.45) is 0 Å². The van der Waals surface area contributed by atoms with Crippen LogP contribution in [0, 0.1) is 0 Å². The first-order chi connectivity index (χ1) is 10.2. The Morgan fingerprint density at radius 3 is 2.90 bits per heavy atom. The van der Waals surface area contributed by atoms with Crippen LogP contribution in [0.2, 0.25) is 5.02 Å². The maximum Gasteiger partial charge on any atom is 0.289 e. The lowest BCUT2D eigenvalue weighted by atomic mass is 10.1. The molecule has 1 saturated heterocycles. The van der Waals surface area contributed by atoms with Gasteiger partial charge >= 0.3 is 0 Å². The molecule has 2 aliphatic rings. The minimum atomic E-state index is -1.34. The molecule has 0 bridgehead atoms. The van der Waals surface area contributed by atoms with Crippen molar-refractivity contribution in [3.8, 4) is 0 Å². The number of hydrogen-bond donors (Lipinski definition) is 1. The summed E-state index contributed by atoms with van der Waals surface area (Å²) in [5.41, 5.74) is 2.35. The quantitative estimate of drug-likeness (QED) is 0.879. The molecule has 2 unspecified atom stereocenters. The van der Waals surface area contributed by atoms with Gasteiger partial charge in [-0.3, -0.25) is 4.79 Å². The smallest absolute Gasteiger partial charge is 0.289 e. The van der Waals surface area contributed by atoms with E-state index in [2.05, 4.69) is 5.32 Å². The number of rotatable bonds is 1. The molecule has 4 nitrogen and oxygen atoms in total. The average Bonchev–Trinajstić information content (AvgIpc) is 3.04. The topological polar surface area (TPSA) is 47.6 Å². The van der Waals surface area contributed by atoms with Crippen molar-refractivity contribution in [1.29, 1.82) is 0 Å². The number of carbonyl (C=O) groups excluding carboxylic acids is 1. The summed E-state index contributed by atoms with van der Waals surface area (Å²) in [7, 11) is 0. The van der Waals surface area contributed by atoms with Gasteiger partial charge in [0.15, 0.2) is 0 Å². The summed E-state index contributed by atoms with van der Waals surface area (Å²) in [5.74, 6) is -1.63. The van der Waals surface area contributed by atoms with Gasteiger partial charge in [0.2, 0.25) is 0 Å². The Kier molecular flexibility index (Phi) is 2.79. The lowest BCUT2D eigenvalue weighted by Crippen LogP contribution is -2.35. The van der Waals surface area contributed by atoms with E-state index in [0.29, 0.717) is 11.6 Å². The van der Waals surface area contributed by atoms with Crippen LogP contribution in [0.25, 0.3) is 0 Å². The van der Waals surface area contributed by atoms with Gasteiger partial charge in [-0.25, -0.2) is 0 Å². The van der Waals surface area contributed by atoms with Crippen molar-refractivity contribution in [3.05, 3.63) is 64.7 Å². The summed E-state index contributed by atoms with van der Waals surface area (Å²) in [6, 6.07) is 14.8. The Bertz CT molecular complexity index is 733. The fourth-order valence-corrected chi connectivity index (χ4v) is 3.00. The molecule has 1 fully saturated rings. The third-order valence-electron chi connectivity index (χ3n) is 3.80. The van der Waals surface area contributed by atoms with E-state index < -0.39 is 5.79 Å². The number of hydrogen-bond acceptors (Lipinski definition) is 3. The van der Waals surface area contributed by atoms with E-state index in [0.717, 1.165) is 16.8 Å². The second kappa shape index (κ2) is 4.56. The van der Waals surface area contributed by atoms with Crippen molar-refractivity contribution in [2.75, 3.05) is 11.9 Å². The summed E-state index contributed by atoms with van der Waals surface area (Å²) in [4.78, 5) is 12.3. The Hall–Kier alpha value is -1.88. The number of ether oxygens (including phenoxy) is 2. The highest BCUT2D eigenvalue weighted by Crippen LogP contribution is 2.47. The Balaban J connectivity index is 1.71. The van der Waals surface area contributed by atoms with E-state index in [1.54, 1.807) is 6.07 Å². The third kappa shape index (κ3) is 1.87. The molecule has 0 radical (unpaired) electrons. The fraction of sp³-hybridized carbons (Fsp3) is 0.188. The second-order valence-electron chi connectivity index (χ2n) is 5.09. The molecule has 0 saturated carbocycles. The van der Waals surface area contributed by atoms with Gasteiger partial charge in [-0.15, -0.1) is 0 Å². The number of carbonyl (C=O) groups is 1. The van der Waals surface area contributed by atoms with Crippen LogP contribution in [-0.2, 0) is 20.1 Å². The number of fused-ring (bicyclic) bond motifs is 2. The van der Waals surface area contributed by atoms with Crippen LogP contribution in [-0.4, -0.2) is 12.5 Å². The van der Waals surface area contributed by atoms with Crippen LogP contribution in [0.5, 0.6) is 0 Å². The fourth-order valence-electron chi connectivity index (χ4n) is 2.80. The molecule has 1 N–H and O–H groups in total. The van der Waals surface area contributed by atoms with Crippen LogP contribution in [0.15, 0.2) is 48.5 Å². The van der Waals surface area contributed by atoms with E-state index in [-0.39, 0.29) is 12.0 Å². The summed E-state index contributed by atoms with van der Waals surface area (Å²) in [6.45, 7) is 0.308. The predicted molar refractivity (Wildman–Crippen MR) is 78.0 cm³/mol. The third-order valence-corrected chi connectivity index (χ3v) is 4.03. The zero-order valence-corrected chi connectivity index (χ0v) is 11.8. The highest BCUT2D eigenvalue weighted by atomic mass is 35.5. The average molecular weight is 302 g/mol. The van der Waals surface area contributed by atoms with Gasteiger partial charge in [0, 0.05) is 10.6 Å². The standard InChI is InChI=1S/C16H12ClNO3/c17-11-5-3-4-10(8-11)14-9-20-16(21-14)12-6-1-2-7-13(12)18-15(16)19/h1-8,14H,9H2,(H,18,19). The molecule has 21 heavy (non-hydrogen) atoms. The number of halogens is 1. The van der Waals surface area contributed by atoms with E-state index in [4.69, 9.17) is 21.1 Å². The monoisotopic (exact) mass is 301 g/mol.